The molecular weight excluding hydrogens is 545 g/mol. The Labute approximate surface area is 243 Å². The van der Waals surface area contributed by atoms with E-state index in [1.165, 1.54) is 24.3 Å². The Kier molecular flexibility index (Phi) is 12.0. The minimum atomic E-state index is -0.557. The molecule has 0 radical (unpaired) electrons. The maximum Gasteiger partial charge on any atom is 0.290 e. The maximum atomic E-state index is 14.7. The van der Waals surface area contributed by atoms with Gasteiger partial charge in [0.25, 0.3) is 12.4 Å². The molecule has 0 spiro atoms. The summed E-state index contributed by atoms with van der Waals surface area (Å²) >= 11 is 0. The van der Waals surface area contributed by atoms with E-state index in [2.05, 4.69) is 15.6 Å². The summed E-state index contributed by atoms with van der Waals surface area (Å²) in [5.41, 5.74) is 1.47. The smallest absolute Gasteiger partial charge is 0.290 e. The van der Waals surface area contributed by atoms with Crippen molar-refractivity contribution < 1.29 is 33.8 Å². The van der Waals surface area contributed by atoms with E-state index < -0.39 is 5.82 Å². The van der Waals surface area contributed by atoms with Crippen molar-refractivity contribution in [3.8, 4) is 16.9 Å². The number of aromatic nitrogens is 2. The lowest BCUT2D eigenvalue weighted by Crippen LogP contribution is -2.36. The van der Waals surface area contributed by atoms with Gasteiger partial charge in [0.05, 0.1) is 0 Å². The fourth-order valence-electron chi connectivity index (χ4n) is 4.64. The fourth-order valence-corrected chi connectivity index (χ4v) is 4.64. The van der Waals surface area contributed by atoms with E-state index in [1.54, 1.807) is 23.2 Å². The number of aromatic hydroxyl groups is 1. The third kappa shape index (κ3) is 9.15. The van der Waals surface area contributed by atoms with Crippen molar-refractivity contribution in [2.24, 2.45) is 0 Å². The number of carbonyl (C=O) groups excluding carboxylic acids is 3. The number of nitrogens with zero attached hydrogens (tertiary/aromatic N) is 3. The number of amides is 3. The van der Waals surface area contributed by atoms with Gasteiger partial charge in [-0.25, -0.2) is 9.37 Å². The average molecular weight is 582 g/mol. The number of carboxylic acid groups (broad SMARTS) is 1. The van der Waals surface area contributed by atoms with Gasteiger partial charge in [0.15, 0.2) is 0 Å². The minimum absolute atomic E-state index is 0.0250. The number of hydrogen-bond acceptors (Lipinski definition) is 6. The van der Waals surface area contributed by atoms with Crippen LogP contribution in [0.4, 0.5) is 4.39 Å². The summed E-state index contributed by atoms with van der Waals surface area (Å²) in [5.74, 6) is -0.324. The predicted octanol–water partition coefficient (Wildman–Crippen LogP) is 2.90. The average Bonchev–Trinajstić information content (AvgIpc) is 3.38. The summed E-state index contributed by atoms with van der Waals surface area (Å²) in [7, 11) is 0. The van der Waals surface area contributed by atoms with Crippen LogP contribution in [0.1, 0.15) is 47.4 Å². The first kappa shape index (κ1) is 31.8. The number of nitrogens with one attached hydrogen (secondary N) is 2. The van der Waals surface area contributed by atoms with Crippen molar-refractivity contribution in [3.63, 3.8) is 0 Å². The van der Waals surface area contributed by atoms with Gasteiger partial charge in [-0.3, -0.25) is 19.2 Å². The molecule has 0 atom stereocenters. The van der Waals surface area contributed by atoms with Gasteiger partial charge < -0.3 is 30.3 Å². The topological polar surface area (TPSA) is 154 Å². The van der Waals surface area contributed by atoms with Crippen LogP contribution < -0.4 is 10.6 Å². The molecular formula is C30H36FN5O6. The van der Waals surface area contributed by atoms with E-state index >= 15 is 0 Å². The number of rotatable bonds is 3. The summed E-state index contributed by atoms with van der Waals surface area (Å²) in [6, 6.07) is 8.91. The highest BCUT2D eigenvalue weighted by Crippen LogP contribution is 2.33. The molecule has 0 fully saturated rings. The summed E-state index contributed by atoms with van der Waals surface area (Å²) in [6.45, 7) is 3.71. The molecule has 0 saturated carbocycles. The summed E-state index contributed by atoms with van der Waals surface area (Å²) in [6.07, 6.45) is 5.64. The second-order valence-corrected chi connectivity index (χ2v) is 9.76. The molecule has 224 valence electrons. The highest BCUT2D eigenvalue weighted by Gasteiger charge is 2.17. The Morgan fingerprint density at radius 1 is 1.05 bits per heavy atom. The van der Waals surface area contributed by atoms with Crippen LogP contribution in [0.15, 0.2) is 48.8 Å². The minimum Gasteiger partial charge on any atom is -0.507 e. The van der Waals surface area contributed by atoms with E-state index in [1.807, 2.05) is 17.7 Å². The number of imidazole rings is 1. The molecule has 1 aliphatic heterocycles. The molecule has 11 nitrogen and oxygen atoms in total. The third-order valence-corrected chi connectivity index (χ3v) is 6.88. The molecule has 1 aliphatic rings. The molecule has 4 rings (SSSR count). The van der Waals surface area contributed by atoms with Crippen LogP contribution >= 0.6 is 0 Å². The molecule has 3 amide bonds. The van der Waals surface area contributed by atoms with Crippen LogP contribution in [0.2, 0.25) is 0 Å². The second-order valence-electron chi connectivity index (χ2n) is 9.76. The maximum absolute atomic E-state index is 14.7. The zero-order chi connectivity index (χ0) is 30.5. The van der Waals surface area contributed by atoms with Crippen LogP contribution in [0.25, 0.3) is 11.1 Å². The van der Waals surface area contributed by atoms with Crippen LogP contribution in [0.5, 0.6) is 5.75 Å². The van der Waals surface area contributed by atoms with Crippen molar-refractivity contribution in [1.29, 1.82) is 0 Å². The number of halogens is 1. The number of hydrogen-bond donors (Lipinski definition) is 4. The first-order chi connectivity index (χ1) is 20.2. The molecule has 3 aromatic rings. The Morgan fingerprint density at radius 3 is 2.55 bits per heavy atom. The van der Waals surface area contributed by atoms with Gasteiger partial charge in [0.2, 0.25) is 11.8 Å². The zero-order valence-corrected chi connectivity index (χ0v) is 23.5. The Morgan fingerprint density at radius 2 is 1.81 bits per heavy atom. The number of aryl methyl sites for hydroxylation is 2. The molecule has 0 aliphatic carbocycles. The fraction of sp³-hybridized carbons (Fsp3) is 0.367. The number of phenolic OH excluding ortho intramolecular Hbond substituents is 1. The highest BCUT2D eigenvalue weighted by molar-refractivity contribution is 5.95. The van der Waals surface area contributed by atoms with Gasteiger partial charge >= 0.3 is 0 Å². The summed E-state index contributed by atoms with van der Waals surface area (Å²) < 4.78 is 16.7. The van der Waals surface area contributed by atoms with Crippen molar-refractivity contribution in [1.82, 2.24) is 25.1 Å². The van der Waals surface area contributed by atoms with E-state index in [4.69, 9.17) is 9.90 Å². The van der Waals surface area contributed by atoms with Gasteiger partial charge in [0.1, 0.15) is 17.4 Å². The second kappa shape index (κ2) is 15.9. The van der Waals surface area contributed by atoms with Gasteiger partial charge in [-0.1, -0.05) is 6.07 Å². The molecule has 42 heavy (non-hydrogen) atoms. The van der Waals surface area contributed by atoms with Crippen LogP contribution in [0.3, 0.4) is 0 Å². The van der Waals surface area contributed by atoms with Crippen molar-refractivity contribution >= 4 is 24.2 Å². The van der Waals surface area contributed by atoms with Gasteiger partial charge in [-0.15, -0.1) is 0 Å². The quantitative estimate of drug-likeness (QED) is 0.347. The Bertz CT molecular complexity index is 1390. The lowest BCUT2D eigenvalue weighted by molar-refractivity contribution is -0.132. The van der Waals surface area contributed by atoms with Gasteiger partial charge in [-0.05, 0) is 62.1 Å². The van der Waals surface area contributed by atoms with E-state index in [0.29, 0.717) is 58.4 Å². The number of phenols is 1. The highest BCUT2D eigenvalue weighted by atomic mass is 19.1. The van der Waals surface area contributed by atoms with Crippen molar-refractivity contribution in [2.75, 3.05) is 26.2 Å². The SMILES string of the molecule is Cc1nccn1CCC(=O)N1CCCNC(=O)c2ccc(F)c(c2)-c2cc(ccc2O)CCNC(=O)CCC1.O=CO. The van der Waals surface area contributed by atoms with E-state index in [-0.39, 0.29) is 53.1 Å². The molecule has 0 unspecified atom stereocenters. The molecule has 0 saturated heterocycles. The van der Waals surface area contributed by atoms with Gasteiger partial charge in [-0.2, -0.15) is 0 Å². The van der Waals surface area contributed by atoms with Crippen LogP contribution in [-0.4, -0.2) is 75.0 Å². The zero-order valence-electron chi connectivity index (χ0n) is 23.5. The molecule has 1 aromatic heterocycles. The van der Waals surface area contributed by atoms with E-state index in [0.717, 1.165) is 11.4 Å². The third-order valence-electron chi connectivity index (χ3n) is 6.88. The number of benzene rings is 2. The van der Waals surface area contributed by atoms with E-state index in [9.17, 15) is 23.9 Å². The molecule has 4 N–H and O–H groups in total. The molecule has 4 bridgehead atoms. The van der Waals surface area contributed by atoms with Crippen molar-refractivity contribution in [3.05, 3.63) is 71.6 Å². The van der Waals surface area contributed by atoms with Gasteiger partial charge in [0, 0.05) is 74.6 Å². The lowest BCUT2D eigenvalue weighted by atomic mass is 9.98. The summed E-state index contributed by atoms with van der Waals surface area (Å²) in [4.78, 5) is 52.6. The van der Waals surface area contributed by atoms with Crippen molar-refractivity contribution in [2.45, 2.75) is 45.6 Å². The largest absolute Gasteiger partial charge is 0.507 e. The predicted molar refractivity (Wildman–Crippen MR) is 153 cm³/mol. The van der Waals surface area contributed by atoms with Crippen LogP contribution in [-0.2, 0) is 27.3 Å². The first-order valence-corrected chi connectivity index (χ1v) is 13.7. The number of fused-ring (bicyclic) bond motifs is 5. The number of carbonyl (C=O) groups is 4. The molecule has 2 heterocycles. The standard InChI is InChI=1S/C29H34FN5O4.CH2O2/c1-20-31-13-17-34(20)16-10-28(38)35-14-2-4-27(37)32-12-9-21-5-8-26(36)24(18-21)23-19-22(6-7-25(23)30)29(39)33-11-3-15-35;2-1-3/h5-8,13,17-19,36H,2-4,9-12,14-16H2,1H3,(H,32,37)(H,33,39);1H,(H,2,3). The summed E-state index contributed by atoms with van der Waals surface area (Å²) in [5, 5.41) is 23.0. The molecule has 2 aromatic carbocycles. The normalized spacial score (nSPS) is 14.7. The van der Waals surface area contributed by atoms with Crippen LogP contribution in [0, 0.1) is 12.7 Å². The Hall–Kier alpha value is -4.74. The molecule has 12 heteroatoms. The first-order valence-electron chi connectivity index (χ1n) is 13.7. The Balaban J connectivity index is 0.00000155. The lowest BCUT2D eigenvalue weighted by Gasteiger charge is -2.23. The monoisotopic (exact) mass is 581 g/mol.